The number of nitrogens with one attached hydrogen (secondary N) is 1. The van der Waals surface area contributed by atoms with Crippen LogP contribution in [0, 0.1) is 25.2 Å². The summed E-state index contributed by atoms with van der Waals surface area (Å²) < 4.78 is 12.9. The summed E-state index contributed by atoms with van der Waals surface area (Å²) in [5, 5.41) is 20.6. The molecule has 4 aromatic rings. The number of rotatable bonds is 8. The summed E-state index contributed by atoms with van der Waals surface area (Å²) in [4.78, 5) is 12.7. The van der Waals surface area contributed by atoms with Gasteiger partial charge in [-0.1, -0.05) is 23.0 Å². The lowest BCUT2D eigenvalue weighted by Crippen LogP contribution is -2.10. The van der Waals surface area contributed by atoms with E-state index in [-0.39, 0.29) is 5.44 Å². The van der Waals surface area contributed by atoms with Crippen molar-refractivity contribution >= 4 is 23.4 Å². The number of nitriles is 1. The van der Waals surface area contributed by atoms with Gasteiger partial charge in [0.2, 0.25) is 5.95 Å². The highest BCUT2D eigenvalue weighted by atomic mass is 32.2. The molecule has 0 saturated heterocycles. The molecule has 0 unspecified atom stereocenters. The molecular weight excluding hydrogens is 428 g/mol. The number of hydrogen-bond acceptors (Lipinski definition) is 10. The fourth-order valence-electron chi connectivity index (χ4n) is 2.90. The predicted molar refractivity (Wildman–Crippen MR) is 119 cm³/mol. The number of hydrogen-bond donors (Lipinski definition) is 1. The van der Waals surface area contributed by atoms with Gasteiger partial charge in [-0.25, -0.2) is 19.6 Å². The first-order valence-electron chi connectivity index (χ1n) is 9.70. The lowest BCUT2D eigenvalue weighted by molar-refractivity contribution is 0.306. The second-order valence-electron chi connectivity index (χ2n) is 6.86. The summed E-state index contributed by atoms with van der Waals surface area (Å²) >= 11 is 1.54. The molecule has 0 bridgehead atoms. The minimum atomic E-state index is -0.195. The minimum absolute atomic E-state index is 0.195. The molecule has 0 radical (unpaired) electrons. The molecule has 32 heavy (non-hydrogen) atoms. The normalized spacial score (nSPS) is 11.7. The zero-order valence-electron chi connectivity index (χ0n) is 17.7. The molecular formula is C21H20N8O2S. The van der Waals surface area contributed by atoms with Gasteiger partial charge < -0.3 is 14.6 Å². The number of ether oxygens (including phenoxy) is 1. The molecule has 0 aliphatic heterocycles. The third kappa shape index (κ3) is 4.87. The van der Waals surface area contributed by atoms with Crippen LogP contribution in [0.25, 0.3) is 11.1 Å². The van der Waals surface area contributed by atoms with Crippen molar-refractivity contribution in [2.24, 2.45) is 0 Å². The van der Waals surface area contributed by atoms with Crippen LogP contribution in [0.3, 0.4) is 0 Å². The Morgan fingerprint density at radius 2 is 2.06 bits per heavy atom. The lowest BCUT2D eigenvalue weighted by atomic mass is 10.1. The minimum Gasteiger partial charge on any atom is -0.479 e. The van der Waals surface area contributed by atoms with Gasteiger partial charge >= 0.3 is 0 Å². The van der Waals surface area contributed by atoms with E-state index in [1.807, 2.05) is 32.9 Å². The quantitative estimate of drug-likeness (QED) is 0.394. The number of aromatic nitrogens is 6. The van der Waals surface area contributed by atoms with Gasteiger partial charge in [-0.2, -0.15) is 10.4 Å². The Hall–Kier alpha value is -3.91. The van der Waals surface area contributed by atoms with Crippen LogP contribution >= 0.6 is 11.8 Å². The first-order chi connectivity index (χ1) is 15.5. The van der Waals surface area contributed by atoms with Gasteiger partial charge in [0.05, 0.1) is 11.4 Å². The summed E-state index contributed by atoms with van der Waals surface area (Å²) in [7, 11) is 0. The van der Waals surface area contributed by atoms with Crippen molar-refractivity contribution in [1.82, 2.24) is 29.9 Å². The number of benzene rings is 1. The molecule has 0 aliphatic rings. The lowest BCUT2D eigenvalue weighted by Gasteiger charge is -2.16. The third-order valence-electron chi connectivity index (χ3n) is 4.56. The van der Waals surface area contributed by atoms with Crippen molar-refractivity contribution in [1.29, 1.82) is 5.26 Å². The van der Waals surface area contributed by atoms with Crippen LogP contribution in [-0.2, 0) is 5.88 Å². The number of thioether (sulfide) groups is 1. The van der Waals surface area contributed by atoms with E-state index >= 15 is 0 Å². The molecule has 0 spiro atoms. The zero-order valence-corrected chi connectivity index (χ0v) is 18.5. The molecule has 0 fully saturated rings. The van der Waals surface area contributed by atoms with Gasteiger partial charge in [-0.15, -0.1) is 0 Å². The van der Waals surface area contributed by atoms with Crippen molar-refractivity contribution < 1.29 is 9.26 Å². The Morgan fingerprint density at radius 3 is 2.72 bits per heavy atom. The molecule has 0 amide bonds. The maximum atomic E-state index is 9.47. The number of aryl methyl sites for hydroxylation is 2. The van der Waals surface area contributed by atoms with E-state index in [2.05, 4.69) is 36.6 Å². The molecule has 1 N–H and O–H groups in total. The van der Waals surface area contributed by atoms with Crippen LogP contribution in [0.5, 0.6) is 5.75 Å². The highest BCUT2D eigenvalue weighted by Crippen LogP contribution is 2.30. The summed E-state index contributed by atoms with van der Waals surface area (Å²) in [6.07, 6.45) is 6.55. The van der Waals surface area contributed by atoms with Gasteiger partial charge in [0.25, 0.3) is 0 Å². The van der Waals surface area contributed by atoms with Crippen LogP contribution in [-0.4, -0.2) is 35.3 Å². The average molecular weight is 449 g/mol. The van der Waals surface area contributed by atoms with E-state index in [9.17, 15) is 5.26 Å². The first-order valence-corrected chi connectivity index (χ1v) is 10.8. The molecule has 1 atom stereocenters. The van der Waals surface area contributed by atoms with Crippen LogP contribution in [0.1, 0.15) is 23.9 Å². The summed E-state index contributed by atoms with van der Waals surface area (Å²) in [6.45, 7) is 5.59. The van der Waals surface area contributed by atoms with E-state index in [0.717, 1.165) is 22.5 Å². The number of anilines is 2. The van der Waals surface area contributed by atoms with Crippen molar-refractivity contribution in [3.05, 3.63) is 60.3 Å². The van der Waals surface area contributed by atoms with Gasteiger partial charge in [0.15, 0.2) is 5.76 Å². The van der Waals surface area contributed by atoms with Gasteiger partial charge in [0.1, 0.15) is 41.3 Å². The van der Waals surface area contributed by atoms with Gasteiger partial charge in [-0.3, -0.25) is 0 Å². The second kappa shape index (κ2) is 9.49. The standard InChI is InChI=1S/C21H20N8O2S/c1-13-20(14(2)31-28-13)27-21-24-8-18(9-25-21)16-4-5-17(7-22)19(6-16)30-15(3)32-12-29-11-23-10-26-29/h4-6,8-11,15H,12H2,1-3H3,(H,24,25,27)/t15-/m1/s1. The summed E-state index contributed by atoms with van der Waals surface area (Å²) in [6, 6.07) is 7.58. The Bertz CT molecular complexity index is 1210. The molecule has 10 nitrogen and oxygen atoms in total. The van der Waals surface area contributed by atoms with E-state index in [1.165, 1.54) is 18.1 Å². The maximum Gasteiger partial charge on any atom is 0.227 e. The topological polar surface area (TPSA) is 128 Å². The zero-order chi connectivity index (χ0) is 22.5. The fraction of sp³-hybridized carbons (Fsp3) is 0.238. The third-order valence-corrected chi connectivity index (χ3v) is 5.54. The first kappa shape index (κ1) is 21.3. The molecule has 0 aliphatic carbocycles. The Labute approximate surface area is 188 Å². The Balaban J connectivity index is 1.48. The van der Waals surface area contributed by atoms with Crippen LogP contribution in [0.2, 0.25) is 0 Å². The Morgan fingerprint density at radius 1 is 1.25 bits per heavy atom. The molecule has 3 aromatic heterocycles. The van der Waals surface area contributed by atoms with Crippen LogP contribution < -0.4 is 10.1 Å². The smallest absolute Gasteiger partial charge is 0.227 e. The molecule has 1 aromatic carbocycles. The van der Waals surface area contributed by atoms with Crippen LogP contribution in [0.4, 0.5) is 11.6 Å². The molecule has 0 saturated carbocycles. The Kier molecular flexibility index (Phi) is 6.32. The van der Waals surface area contributed by atoms with E-state index in [1.54, 1.807) is 29.5 Å². The average Bonchev–Trinajstić information content (AvgIpc) is 3.44. The second-order valence-corrected chi connectivity index (χ2v) is 8.11. The van der Waals surface area contributed by atoms with E-state index in [4.69, 9.17) is 9.26 Å². The monoisotopic (exact) mass is 448 g/mol. The van der Waals surface area contributed by atoms with Crippen molar-refractivity contribution in [3.8, 4) is 22.9 Å². The van der Waals surface area contributed by atoms with Crippen LogP contribution in [0.15, 0.2) is 47.8 Å². The highest BCUT2D eigenvalue weighted by molar-refractivity contribution is 7.98. The SMILES string of the molecule is Cc1noc(C)c1Nc1ncc(-c2ccc(C#N)c(O[C@@H](C)SCn3cncn3)c2)cn1. The fourth-order valence-corrected chi connectivity index (χ4v) is 3.57. The predicted octanol–water partition coefficient (Wildman–Crippen LogP) is 4.07. The van der Waals surface area contributed by atoms with Gasteiger partial charge in [0, 0.05) is 18.0 Å². The van der Waals surface area contributed by atoms with Crippen molar-refractivity contribution in [2.75, 3.05) is 5.32 Å². The van der Waals surface area contributed by atoms with E-state index < -0.39 is 0 Å². The summed E-state index contributed by atoms with van der Waals surface area (Å²) in [5.41, 5.74) is 3.39. The van der Waals surface area contributed by atoms with E-state index in [0.29, 0.717) is 28.9 Å². The molecule has 162 valence electrons. The number of nitrogens with zero attached hydrogens (tertiary/aromatic N) is 7. The molecule has 3 heterocycles. The largest absolute Gasteiger partial charge is 0.479 e. The molecule has 11 heteroatoms. The molecule has 4 rings (SSSR count). The van der Waals surface area contributed by atoms with Crippen molar-refractivity contribution in [2.45, 2.75) is 32.1 Å². The van der Waals surface area contributed by atoms with Crippen molar-refractivity contribution in [3.63, 3.8) is 0 Å². The highest BCUT2D eigenvalue weighted by Gasteiger charge is 2.13. The van der Waals surface area contributed by atoms with Gasteiger partial charge in [-0.05, 0) is 38.5 Å². The maximum absolute atomic E-state index is 9.47. The summed E-state index contributed by atoms with van der Waals surface area (Å²) in [5.74, 6) is 2.20.